The molecule has 0 bridgehead atoms. The van der Waals surface area contributed by atoms with Crippen molar-refractivity contribution in [2.45, 2.75) is 0 Å². The Morgan fingerprint density at radius 2 is 1.68 bits per heavy atom. The number of nitrogens with one attached hydrogen (secondary N) is 1. The van der Waals surface area contributed by atoms with Crippen LogP contribution in [0, 0.1) is 0 Å². The van der Waals surface area contributed by atoms with E-state index in [1.807, 2.05) is 66.7 Å². The maximum absolute atomic E-state index is 12.7. The number of amides is 1. The SMILES string of the molecule is COc1ccccc1/C=C(/NC(=O)c1ccccc1)c1nc2ccccc2o1. The highest BCUT2D eigenvalue weighted by Gasteiger charge is 2.16. The Labute approximate surface area is 162 Å². The van der Waals surface area contributed by atoms with Gasteiger partial charge in [-0.3, -0.25) is 4.79 Å². The minimum Gasteiger partial charge on any atom is -0.496 e. The van der Waals surface area contributed by atoms with Gasteiger partial charge in [-0.25, -0.2) is 4.98 Å². The van der Waals surface area contributed by atoms with Crippen LogP contribution in [0.4, 0.5) is 0 Å². The number of ether oxygens (including phenoxy) is 1. The van der Waals surface area contributed by atoms with Gasteiger partial charge in [0, 0.05) is 11.1 Å². The Morgan fingerprint density at radius 3 is 2.46 bits per heavy atom. The molecule has 0 spiro atoms. The van der Waals surface area contributed by atoms with Crippen LogP contribution in [0.1, 0.15) is 21.8 Å². The molecule has 5 heteroatoms. The summed E-state index contributed by atoms with van der Waals surface area (Å²) in [6.07, 6.45) is 1.80. The van der Waals surface area contributed by atoms with Gasteiger partial charge in [-0.1, -0.05) is 48.5 Å². The molecule has 1 aromatic heterocycles. The minimum atomic E-state index is -0.246. The van der Waals surface area contributed by atoms with E-state index < -0.39 is 0 Å². The van der Waals surface area contributed by atoms with Crippen molar-refractivity contribution in [1.29, 1.82) is 0 Å². The highest BCUT2D eigenvalue weighted by atomic mass is 16.5. The van der Waals surface area contributed by atoms with Gasteiger partial charge >= 0.3 is 0 Å². The lowest BCUT2D eigenvalue weighted by molar-refractivity contribution is 0.0973. The fourth-order valence-corrected chi connectivity index (χ4v) is 2.86. The predicted molar refractivity (Wildman–Crippen MR) is 109 cm³/mol. The molecule has 0 fully saturated rings. The molecule has 0 radical (unpaired) electrons. The molecule has 0 saturated heterocycles. The lowest BCUT2D eigenvalue weighted by Gasteiger charge is -2.09. The second-order valence-corrected chi connectivity index (χ2v) is 6.11. The number of fused-ring (bicyclic) bond motifs is 1. The van der Waals surface area contributed by atoms with Gasteiger partial charge in [0.1, 0.15) is 17.0 Å². The summed E-state index contributed by atoms with van der Waals surface area (Å²) in [6.45, 7) is 0. The number of aromatic nitrogens is 1. The number of benzene rings is 3. The molecule has 0 atom stereocenters. The second-order valence-electron chi connectivity index (χ2n) is 6.11. The molecule has 0 aliphatic heterocycles. The first kappa shape index (κ1) is 17.5. The summed E-state index contributed by atoms with van der Waals surface area (Å²) in [7, 11) is 1.61. The van der Waals surface area contributed by atoms with Crippen LogP contribution in [0.15, 0.2) is 83.3 Å². The van der Waals surface area contributed by atoms with Gasteiger partial charge in [0.05, 0.1) is 7.11 Å². The summed E-state index contributed by atoms with van der Waals surface area (Å²) >= 11 is 0. The third kappa shape index (κ3) is 3.64. The summed E-state index contributed by atoms with van der Waals surface area (Å²) in [4.78, 5) is 17.3. The molecule has 0 aliphatic carbocycles. The fraction of sp³-hybridized carbons (Fsp3) is 0.0435. The van der Waals surface area contributed by atoms with Crippen LogP contribution in [-0.4, -0.2) is 18.0 Å². The van der Waals surface area contributed by atoms with E-state index in [4.69, 9.17) is 9.15 Å². The number of hydrogen-bond acceptors (Lipinski definition) is 4. The quantitative estimate of drug-likeness (QED) is 0.550. The molecule has 28 heavy (non-hydrogen) atoms. The van der Waals surface area contributed by atoms with E-state index in [-0.39, 0.29) is 5.91 Å². The second kappa shape index (κ2) is 7.80. The number of para-hydroxylation sites is 3. The minimum absolute atomic E-state index is 0.246. The van der Waals surface area contributed by atoms with Crippen LogP contribution in [0.2, 0.25) is 0 Å². The molecule has 0 aliphatic rings. The number of carbonyl (C=O) groups excluding carboxylic acids is 1. The third-order valence-electron chi connectivity index (χ3n) is 4.25. The van der Waals surface area contributed by atoms with Crippen molar-refractivity contribution >= 4 is 28.8 Å². The lowest BCUT2D eigenvalue weighted by atomic mass is 10.1. The standard InChI is InChI=1S/C23H18N2O3/c1-27-20-13-7-5-11-17(20)15-19(24-22(26)16-9-3-2-4-10-16)23-25-18-12-6-8-14-21(18)28-23/h2-15H,1H3,(H,24,26)/b19-15+. The molecule has 0 saturated carbocycles. The zero-order valence-corrected chi connectivity index (χ0v) is 15.3. The summed E-state index contributed by atoms with van der Waals surface area (Å²) in [5.74, 6) is 0.769. The number of oxazole rings is 1. The number of nitrogens with zero attached hydrogens (tertiary/aromatic N) is 1. The van der Waals surface area contributed by atoms with E-state index in [1.54, 1.807) is 25.3 Å². The summed E-state index contributed by atoms with van der Waals surface area (Å²) in [6, 6.07) is 24.0. The smallest absolute Gasteiger partial charge is 0.255 e. The first-order valence-corrected chi connectivity index (χ1v) is 8.81. The largest absolute Gasteiger partial charge is 0.496 e. The maximum Gasteiger partial charge on any atom is 0.255 e. The van der Waals surface area contributed by atoms with Gasteiger partial charge in [-0.05, 0) is 36.4 Å². The Hall–Kier alpha value is -3.86. The van der Waals surface area contributed by atoms with Crippen LogP contribution < -0.4 is 10.1 Å². The third-order valence-corrected chi connectivity index (χ3v) is 4.25. The van der Waals surface area contributed by atoms with Gasteiger partial charge in [-0.15, -0.1) is 0 Å². The molecule has 1 N–H and O–H groups in total. The highest BCUT2D eigenvalue weighted by Crippen LogP contribution is 2.25. The molecular weight excluding hydrogens is 352 g/mol. The first-order chi connectivity index (χ1) is 13.7. The van der Waals surface area contributed by atoms with Crippen molar-refractivity contribution in [3.63, 3.8) is 0 Å². The van der Waals surface area contributed by atoms with Crippen molar-refractivity contribution in [2.24, 2.45) is 0 Å². The first-order valence-electron chi connectivity index (χ1n) is 8.81. The lowest BCUT2D eigenvalue weighted by Crippen LogP contribution is -2.22. The van der Waals surface area contributed by atoms with Gasteiger partial charge in [0.25, 0.3) is 5.91 Å². The summed E-state index contributed by atoms with van der Waals surface area (Å²) < 4.78 is 11.3. The highest BCUT2D eigenvalue weighted by molar-refractivity contribution is 6.01. The molecule has 1 heterocycles. The molecule has 138 valence electrons. The van der Waals surface area contributed by atoms with Crippen molar-refractivity contribution < 1.29 is 13.9 Å². The van der Waals surface area contributed by atoms with E-state index in [0.717, 1.165) is 11.1 Å². The average Bonchev–Trinajstić information content (AvgIpc) is 3.18. The predicted octanol–water partition coefficient (Wildman–Crippen LogP) is 4.76. The molecule has 4 rings (SSSR count). The van der Waals surface area contributed by atoms with Crippen LogP contribution >= 0.6 is 0 Å². The summed E-state index contributed by atoms with van der Waals surface area (Å²) in [5.41, 5.74) is 3.17. The van der Waals surface area contributed by atoms with Crippen molar-refractivity contribution in [3.8, 4) is 5.75 Å². The number of methoxy groups -OCH3 is 1. The van der Waals surface area contributed by atoms with Gasteiger partial charge in [0.2, 0.25) is 5.89 Å². The maximum atomic E-state index is 12.7. The topological polar surface area (TPSA) is 64.4 Å². The van der Waals surface area contributed by atoms with E-state index in [9.17, 15) is 4.79 Å². The van der Waals surface area contributed by atoms with Crippen molar-refractivity contribution in [2.75, 3.05) is 7.11 Å². The Kier molecular flexibility index (Phi) is 4.89. The zero-order chi connectivity index (χ0) is 19.3. The fourth-order valence-electron chi connectivity index (χ4n) is 2.86. The van der Waals surface area contributed by atoms with Crippen LogP contribution in [0.25, 0.3) is 22.9 Å². The number of carbonyl (C=O) groups is 1. The Bertz CT molecular complexity index is 1110. The normalized spacial score (nSPS) is 11.4. The molecule has 3 aromatic carbocycles. The average molecular weight is 370 g/mol. The molecule has 4 aromatic rings. The summed E-state index contributed by atoms with van der Waals surface area (Å²) in [5, 5.41) is 2.92. The van der Waals surface area contributed by atoms with Crippen LogP contribution in [-0.2, 0) is 0 Å². The molecule has 1 amide bonds. The van der Waals surface area contributed by atoms with Gasteiger partial charge < -0.3 is 14.5 Å². The van der Waals surface area contributed by atoms with Gasteiger partial charge in [-0.2, -0.15) is 0 Å². The molecule has 5 nitrogen and oxygen atoms in total. The van der Waals surface area contributed by atoms with Crippen molar-refractivity contribution in [1.82, 2.24) is 10.3 Å². The van der Waals surface area contributed by atoms with Crippen LogP contribution in [0.3, 0.4) is 0 Å². The van der Waals surface area contributed by atoms with E-state index in [0.29, 0.717) is 28.5 Å². The molecular formula is C23H18N2O3. The van der Waals surface area contributed by atoms with E-state index >= 15 is 0 Å². The molecule has 0 unspecified atom stereocenters. The number of rotatable bonds is 5. The van der Waals surface area contributed by atoms with E-state index in [2.05, 4.69) is 10.3 Å². The monoisotopic (exact) mass is 370 g/mol. The van der Waals surface area contributed by atoms with Crippen molar-refractivity contribution in [3.05, 3.63) is 95.9 Å². The Balaban J connectivity index is 1.78. The van der Waals surface area contributed by atoms with Gasteiger partial charge in [0.15, 0.2) is 5.58 Å². The van der Waals surface area contributed by atoms with Crippen LogP contribution in [0.5, 0.6) is 5.75 Å². The number of hydrogen-bond donors (Lipinski definition) is 1. The Morgan fingerprint density at radius 1 is 0.964 bits per heavy atom. The van der Waals surface area contributed by atoms with E-state index in [1.165, 1.54) is 0 Å². The zero-order valence-electron chi connectivity index (χ0n) is 15.3.